The molecular formula is C10H14F3N3. The fourth-order valence-corrected chi connectivity index (χ4v) is 0.986. The molecular weight excluding hydrogens is 219 g/mol. The van der Waals surface area contributed by atoms with Crippen LogP contribution in [0.2, 0.25) is 0 Å². The van der Waals surface area contributed by atoms with Crippen molar-refractivity contribution in [3.05, 3.63) is 18.0 Å². The van der Waals surface area contributed by atoms with E-state index in [1.165, 1.54) is 12.4 Å². The smallest absolute Gasteiger partial charge is 0.345 e. The third-order valence-corrected chi connectivity index (χ3v) is 1.96. The quantitative estimate of drug-likeness (QED) is 0.853. The van der Waals surface area contributed by atoms with E-state index in [4.69, 9.17) is 0 Å². The lowest BCUT2D eigenvalue weighted by atomic mass is 9.89. The molecule has 16 heavy (non-hydrogen) atoms. The lowest BCUT2D eigenvalue weighted by Crippen LogP contribution is -2.22. The Balaban J connectivity index is 2.66. The number of hydrogen-bond donors (Lipinski definition) is 1. The van der Waals surface area contributed by atoms with Gasteiger partial charge in [0, 0.05) is 12.4 Å². The molecule has 90 valence electrons. The molecule has 1 N–H and O–H groups in total. The van der Waals surface area contributed by atoms with Crippen molar-refractivity contribution < 1.29 is 13.2 Å². The minimum atomic E-state index is -4.26. The third-order valence-electron chi connectivity index (χ3n) is 1.96. The van der Waals surface area contributed by atoms with Crippen molar-refractivity contribution in [1.29, 1.82) is 0 Å². The Morgan fingerprint density at radius 1 is 1.12 bits per heavy atom. The van der Waals surface area contributed by atoms with Gasteiger partial charge in [0.25, 0.3) is 0 Å². The van der Waals surface area contributed by atoms with Gasteiger partial charge in [-0.2, -0.15) is 13.2 Å². The van der Waals surface area contributed by atoms with Gasteiger partial charge in [-0.1, -0.05) is 20.8 Å². The molecule has 0 saturated carbocycles. The molecule has 0 bridgehead atoms. The zero-order chi connectivity index (χ0) is 12.4. The summed E-state index contributed by atoms with van der Waals surface area (Å²) in [5.74, 6) is -0.00896. The Kier molecular flexibility index (Phi) is 3.40. The Morgan fingerprint density at radius 3 is 2.00 bits per heavy atom. The van der Waals surface area contributed by atoms with Gasteiger partial charge >= 0.3 is 6.18 Å². The third kappa shape index (κ3) is 4.04. The maximum atomic E-state index is 11.9. The molecule has 1 aromatic rings. The monoisotopic (exact) mass is 233 g/mol. The molecule has 0 spiro atoms. The lowest BCUT2D eigenvalue weighted by Gasteiger charge is -2.18. The van der Waals surface area contributed by atoms with E-state index in [9.17, 15) is 13.2 Å². The average molecular weight is 233 g/mol. The van der Waals surface area contributed by atoms with Crippen LogP contribution < -0.4 is 5.32 Å². The molecule has 1 heterocycles. The van der Waals surface area contributed by atoms with Gasteiger partial charge in [-0.15, -0.1) is 0 Å². The molecule has 0 unspecified atom stereocenters. The van der Waals surface area contributed by atoms with Crippen molar-refractivity contribution >= 4 is 5.95 Å². The second-order valence-electron chi connectivity index (χ2n) is 4.51. The van der Waals surface area contributed by atoms with Crippen LogP contribution in [0.4, 0.5) is 19.1 Å². The molecule has 6 heteroatoms. The van der Waals surface area contributed by atoms with Gasteiger partial charge in [0.05, 0.1) is 0 Å². The second-order valence-corrected chi connectivity index (χ2v) is 4.51. The van der Waals surface area contributed by atoms with E-state index in [2.05, 4.69) is 15.3 Å². The second kappa shape index (κ2) is 4.27. The summed E-state index contributed by atoms with van der Waals surface area (Å²) in [5.41, 5.74) is 0.771. The first kappa shape index (κ1) is 12.7. The molecule has 0 aromatic carbocycles. The van der Waals surface area contributed by atoms with E-state index in [0.29, 0.717) is 0 Å². The molecule has 0 saturated heterocycles. The number of alkyl halides is 3. The maximum Gasteiger partial charge on any atom is 0.405 e. The van der Waals surface area contributed by atoms with Crippen LogP contribution in [0.15, 0.2) is 12.4 Å². The van der Waals surface area contributed by atoms with E-state index < -0.39 is 12.7 Å². The van der Waals surface area contributed by atoms with Gasteiger partial charge in [0.15, 0.2) is 0 Å². The molecule has 1 aromatic heterocycles. The van der Waals surface area contributed by atoms with Gasteiger partial charge < -0.3 is 5.32 Å². The van der Waals surface area contributed by atoms with Crippen molar-refractivity contribution in [2.75, 3.05) is 11.9 Å². The van der Waals surface area contributed by atoms with Gasteiger partial charge in [0.2, 0.25) is 5.95 Å². The molecule has 0 amide bonds. The van der Waals surface area contributed by atoms with Gasteiger partial charge in [-0.05, 0) is 11.0 Å². The average Bonchev–Trinajstić information content (AvgIpc) is 2.13. The number of aromatic nitrogens is 2. The van der Waals surface area contributed by atoms with Crippen LogP contribution in [0.3, 0.4) is 0 Å². The number of anilines is 1. The molecule has 1 rings (SSSR count). The fraction of sp³-hybridized carbons (Fsp3) is 0.600. The highest BCUT2D eigenvalue weighted by Gasteiger charge is 2.27. The van der Waals surface area contributed by atoms with Crippen LogP contribution in [0, 0.1) is 0 Å². The summed E-state index contributed by atoms with van der Waals surface area (Å²) in [6.45, 7) is 4.82. The Bertz CT molecular complexity index is 338. The zero-order valence-electron chi connectivity index (χ0n) is 9.39. The van der Waals surface area contributed by atoms with Crippen LogP contribution in [0.5, 0.6) is 0 Å². The molecule has 0 aliphatic heterocycles. The fourth-order valence-electron chi connectivity index (χ4n) is 0.986. The van der Waals surface area contributed by atoms with Crippen molar-refractivity contribution in [2.24, 2.45) is 0 Å². The molecule has 0 aliphatic rings. The van der Waals surface area contributed by atoms with Crippen molar-refractivity contribution in [3.8, 4) is 0 Å². The van der Waals surface area contributed by atoms with Crippen molar-refractivity contribution in [1.82, 2.24) is 9.97 Å². The van der Waals surface area contributed by atoms with E-state index in [1.807, 2.05) is 20.8 Å². The first-order chi connectivity index (χ1) is 7.18. The summed E-state index contributed by atoms with van der Waals surface area (Å²) in [7, 11) is 0. The van der Waals surface area contributed by atoms with Crippen LogP contribution in [0.25, 0.3) is 0 Å². The number of nitrogens with one attached hydrogen (secondary N) is 1. The molecule has 0 atom stereocenters. The predicted octanol–water partition coefficient (Wildman–Crippen LogP) is 2.75. The molecule has 0 aliphatic carbocycles. The van der Waals surface area contributed by atoms with E-state index in [0.717, 1.165) is 5.56 Å². The highest BCUT2D eigenvalue weighted by atomic mass is 19.4. The number of hydrogen-bond acceptors (Lipinski definition) is 3. The van der Waals surface area contributed by atoms with Crippen molar-refractivity contribution in [2.45, 2.75) is 32.4 Å². The minimum absolute atomic E-state index is 0.00896. The van der Waals surface area contributed by atoms with E-state index in [-0.39, 0.29) is 11.4 Å². The summed E-state index contributed by atoms with van der Waals surface area (Å²) < 4.78 is 35.7. The Morgan fingerprint density at radius 2 is 1.62 bits per heavy atom. The topological polar surface area (TPSA) is 37.8 Å². The Hall–Kier alpha value is -1.33. The standard InChI is InChI=1S/C10H14F3N3/c1-9(2,3)7-4-14-8(15-5-7)16-6-10(11,12)13/h4-5H,6H2,1-3H3,(H,14,15,16). The summed E-state index contributed by atoms with van der Waals surface area (Å²) in [6.07, 6.45) is -1.19. The van der Waals surface area contributed by atoms with Crippen molar-refractivity contribution in [3.63, 3.8) is 0 Å². The maximum absolute atomic E-state index is 11.9. The number of halogens is 3. The van der Waals surface area contributed by atoms with Gasteiger partial charge in [-0.25, -0.2) is 9.97 Å². The minimum Gasteiger partial charge on any atom is -0.345 e. The lowest BCUT2D eigenvalue weighted by molar-refractivity contribution is -0.115. The van der Waals surface area contributed by atoms with E-state index in [1.54, 1.807) is 0 Å². The predicted molar refractivity (Wildman–Crippen MR) is 55.3 cm³/mol. The largest absolute Gasteiger partial charge is 0.405 e. The van der Waals surface area contributed by atoms with E-state index >= 15 is 0 Å². The molecule has 0 radical (unpaired) electrons. The summed E-state index contributed by atoms with van der Waals surface area (Å²) in [4.78, 5) is 7.65. The highest BCUT2D eigenvalue weighted by molar-refractivity contribution is 5.27. The van der Waals surface area contributed by atoms with Gasteiger partial charge in [-0.3, -0.25) is 0 Å². The molecule has 3 nitrogen and oxygen atoms in total. The number of nitrogens with zero attached hydrogens (tertiary/aromatic N) is 2. The van der Waals surface area contributed by atoms with Crippen LogP contribution in [-0.4, -0.2) is 22.7 Å². The first-order valence-electron chi connectivity index (χ1n) is 4.82. The SMILES string of the molecule is CC(C)(C)c1cnc(NCC(F)(F)F)nc1. The Labute approximate surface area is 92.1 Å². The molecule has 0 fully saturated rings. The van der Waals surface area contributed by atoms with Crippen LogP contribution in [0.1, 0.15) is 26.3 Å². The highest BCUT2D eigenvalue weighted by Crippen LogP contribution is 2.21. The summed E-state index contributed by atoms with van der Waals surface area (Å²) in [5, 5.41) is 2.12. The van der Waals surface area contributed by atoms with Crippen LogP contribution >= 0.6 is 0 Å². The first-order valence-corrected chi connectivity index (χ1v) is 4.82. The summed E-state index contributed by atoms with van der Waals surface area (Å²) in [6, 6.07) is 0. The van der Waals surface area contributed by atoms with Crippen LogP contribution in [-0.2, 0) is 5.41 Å². The normalized spacial score (nSPS) is 12.6. The number of rotatable bonds is 2. The van der Waals surface area contributed by atoms with Gasteiger partial charge in [0.1, 0.15) is 6.54 Å². The zero-order valence-corrected chi connectivity index (χ0v) is 9.39. The summed E-state index contributed by atoms with van der Waals surface area (Å²) >= 11 is 0.